The summed E-state index contributed by atoms with van der Waals surface area (Å²) in [5.74, 6) is 0. The Morgan fingerprint density at radius 1 is 1.33 bits per heavy atom. The average Bonchev–Trinajstić information content (AvgIpc) is 2.40. The summed E-state index contributed by atoms with van der Waals surface area (Å²) in [7, 11) is 0. The van der Waals surface area contributed by atoms with E-state index < -0.39 is 6.10 Å². The van der Waals surface area contributed by atoms with E-state index in [0.29, 0.717) is 28.2 Å². The minimum Gasteiger partial charge on any atom is -0.387 e. The predicted octanol–water partition coefficient (Wildman–Crippen LogP) is 3.73. The molecular formula is C14H17Cl2NO. The van der Waals surface area contributed by atoms with Crippen LogP contribution in [0.4, 0.5) is 0 Å². The zero-order valence-corrected chi connectivity index (χ0v) is 11.6. The molecule has 1 aliphatic rings. The predicted molar refractivity (Wildman–Crippen MR) is 76.2 cm³/mol. The van der Waals surface area contributed by atoms with Crippen molar-refractivity contribution in [3.63, 3.8) is 0 Å². The lowest BCUT2D eigenvalue weighted by Crippen LogP contribution is -2.33. The third-order valence-corrected chi connectivity index (χ3v) is 3.77. The summed E-state index contributed by atoms with van der Waals surface area (Å²) in [5, 5.41) is 14.6. The maximum atomic E-state index is 10.1. The number of rotatable bonds is 4. The Balaban J connectivity index is 1.92. The van der Waals surface area contributed by atoms with Gasteiger partial charge in [-0.3, -0.25) is 0 Å². The van der Waals surface area contributed by atoms with Crippen LogP contribution in [-0.2, 0) is 0 Å². The van der Waals surface area contributed by atoms with Crippen LogP contribution in [0.3, 0.4) is 0 Å². The third-order valence-electron chi connectivity index (χ3n) is 3.19. The minimum atomic E-state index is -0.623. The number of hydrogen-bond donors (Lipinski definition) is 2. The van der Waals surface area contributed by atoms with E-state index in [0.717, 1.165) is 19.3 Å². The molecule has 0 fully saturated rings. The topological polar surface area (TPSA) is 32.3 Å². The number of benzene rings is 1. The van der Waals surface area contributed by atoms with Crippen molar-refractivity contribution in [3.05, 3.63) is 46.0 Å². The molecule has 1 aromatic rings. The molecule has 0 saturated carbocycles. The molecule has 0 aliphatic heterocycles. The van der Waals surface area contributed by atoms with Crippen molar-refractivity contribution < 1.29 is 5.11 Å². The van der Waals surface area contributed by atoms with Crippen LogP contribution in [0.5, 0.6) is 0 Å². The second-order valence-electron chi connectivity index (χ2n) is 4.57. The van der Waals surface area contributed by atoms with Crippen LogP contribution in [0.25, 0.3) is 0 Å². The molecule has 98 valence electrons. The van der Waals surface area contributed by atoms with Crippen LogP contribution in [0, 0.1) is 0 Å². The molecule has 0 amide bonds. The fourth-order valence-corrected chi connectivity index (χ4v) is 2.56. The molecule has 0 radical (unpaired) electrons. The SMILES string of the molecule is OC(CNC1CC=CCC1)c1cc(Cl)ccc1Cl. The normalized spacial score (nSPS) is 20.9. The van der Waals surface area contributed by atoms with Crippen molar-refractivity contribution in [2.75, 3.05) is 6.54 Å². The summed E-state index contributed by atoms with van der Waals surface area (Å²) in [5.41, 5.74) is 0.683. The largest absolute Gasteiger partial charge is 0.387 e. The lowest BCUT2D eigenvalue weighted by Gasteiger charge is -2.22. The highest BCUT2D eigenvalue weighted by molar-refractivity contribution is 6.33. The first-order valence-electron chi connectivity index (χ1n) is 6.18. The van der Waals surface area contributed by atoms with Gasteiger partial charge in [0.25, 0.3) is 0 Å². The summed E-state index contributed by atoms with van der Waals surface area (Å²) in [4.78, 5) is 0. The van der Waals surface area contributed by atoms with Gasteiger partial charge in [0.05, 0.1) is 6.10 Å². The van der Waals surface area contributed by atoms with Crippen molar-refractivity contribution in [1.29, 1.82) is 0 Å². The van der Waals surface area contributed by atoms with Gasteiger partial charge in [0, 0.05) is 28.2 Å². The van der Waals surface area contributed by atoms with Gasteiger partial charge in [-0.05, 0) is 37.5 Å². The molecule has 2 N–H and O–H groups in total. The lowest BCUT2D eigenvalue weighted by atomic mass is 10.0. The molecule has 0 aromatic heterocycles. The highest BCUT2D eigenvalue weighted by Gasteiger charge is 2.15. The first-order chi connectivity index (χ1) is 8.66. The zero-order chi connectivity index (χ0) is 13.0. The Kier molecular flexibility index (Phi) is 5.07. The summed E-state index contributed by atoms with van der Waals surface area (Å²) in [6.07, 6.45) is 7.00. The van der Waals surface area contributed by atoms with Gasteiger partial charge >= 0.3 is 0 Å². The monoisotopic (exact) mass is 285 g/mol. The molecule has 2 nitrogen and oxygen atoms in total. The van der Waals surface area contributed by atoms with Crippen molar-refractivity contribution in [1.82, 2.24) is 5.32 Å². The number of hydrogen-bond acceptors (Lipinski definition) is 2. The molecular weight excluding hydrogens is 269 g/mol. The Morgan fingerprint density at radius 3 is 2.89 bits per heavy atom. The van der Waals surface area contributed by atoms with Crippen LogP contribution in [0.15, 0.2) is 30.4 Å². The molecule has 1 aromatic carbocycles. The Bertz CT molecular complexity index is 434. The van der Waals surface area contributed by atoms with Gasteiger partial charge in [0.1, 0.15) is 0 Å². The number of aliphatic hydroxyl groups excluding tert-OH is 1. The van der Waals surface area contributed by atoms with Gasteiger partial charge in [-0.2, -0.15) is 0 Å². The van der Waals surface area contributed by atoms with Crippen LogP contribution in [0.1, 0.15) is 30.9 Å². The highest BCUT2D eigenvalue weighted by Crippen LogP contribution is 2.26. The molecule has 0 bridgehead atoms. The molecule has 1 aliphatic carbocycles. The Hall–Kier alpha value is -0.540. The van der Waals surface area contributed by atoms with Gasteiger partial charge in [-0.1, -0.05) is 35.4 Å². The quantitative estimate of drug-likeness (QED) is 0.827. The first kappa shape index (κ1) is 13.9. The molecule has 0 spiro atoms. The van der Waals surface area contributed by atoms with Gasteiger partial charge in [-0.25, -0.2) is 0 Å². The van der Waals surface area contributed by atoms with Crippen molar-refractivity contribution in [3.8, 4) is 0 Å². The van der Waals surface area contributed by atoms with Crippen LogP contribution >= 0.6 is 23.2 Å². The number of nitrogens with one attached hydrogen (secondary N) is 1. The Morgan fingerprint density at radius 2 is 2.17 bits per heavy atom. The standard InChI is InChI=1S/C14H17Cl2NO/c15-10-6-7-13(16)12(8-10)14(18)9-17-11-4-2-1-3-5-11/h1-2,6-8,11,14,17-18H,3-5,9H2. The third kappa shape index (κ3) is 3.72. The molecule has 2 unspecified atom stereocenters. The number of halogens is 2. The van der Waals surface area contributed by atoms with E-state index >= 15 is 0 Å². The van der Waals surface area contributed by atoms with Crippen LogP contribution < -0.4 is 5.32 Å². The first-order valence-corrected chi connectivity index (χ1v) is 6.94. The molecule has 2 atom stereocenters. The number of aliphatic hydroxyl groups is 1. The maximum absolute atomic E-state index is 10.1. The second-order valence-corrected chi connectivity index (χ2v) is 5.41. The summed E-state index contributed by atoms with van der Waals surface area (Å²) in [6, 6.07) is 5.60. The molecule has 0 saturated heterocycles. The van der Waals surface area contributed by atoms with E-state index in [2.05, 4.69) is 17.5 Å². The van der Waals surface area contributed by atoms with E-state index in [9.17, 15) is 5.11 Å². The van der Waals surface area contributed by atoms with Crippen molar-refractivity contribution in [2.24, 2.45) is 0 Å². The fourth-order valence-electron chi connectivity index (χ4n) is 2.14. The summed E-state index contributed by atoms with van der Waals surface area (Å²) in [6.45, 7) is 0.499. The maximum Gasteiger partial charge on any atom is 0.0929 e. The van der Waals surface area contributed by atoms with Gasteiger partial charge in [0.15, 0.2) is 0 Å². The zero-order valence-electron chi connectivity index (χ0n) is 10.1. The molecule has 18 heavy (non-hydrogen) atoms. The van der Waals surface area contributed by atoms with Gasteiger partial charge in [0.2, 0.25) is 0 Å². The minimum absolute atomic E-state index is 0.447. The van der Waals surface area contributed by atoms with Gasteiger partial charge < -0.3 is 10.4 Å². The van der Waals surface area contributed by atoms with E-state index in [1.54, 1.807) is 18.2 Å². The molecule has 4 heteroatoms. The van der Waals surface area contributed by atoms with E-state index in [1.807, 2.05) is 0 Å². The average molecular weight is 286 g/mol. The Labute approximate surface area is 118 Å². The van der Waals surface area contributed by atoms with E-state index in [1.165, 1.54) is 0 Å². The number of allylic oxidation sites excluding steroid dienone is 1. The second kappa shape index (κ2) is 6.58. The van der Waals surface area contributed by atoms with E-state index in [-0.39, 0.29) is 0 Å². The summed E-state index contributed by atoms with van der Waals surface area (Å²) < 4.78 is 0. The van der Waals surface area contributed by atoms with Crippen LogP contribution in [0.2, 0.25) is 10.0 Å². The fraction of sp³-hybridized carbons (Fsp3) is 0.429. The van der Waals surface area contributed by atoms with Gasteiger partial charge in [-0.15, -0.1) is 0 Å². The van der Waals surface area contributed by atoms with Crippen molar-refractivity contribution in [2.45, 2.75) is 31.4 Å². The van der Waals surface area contributed by atoms with Crippen LogP contribution in [-0.4, -0.2) is 17.7 Å². The summed E-state index contributed by atoms with van der Waals surface area (Å²) >= 11 is 12.0. The van der Waals surface area contributed by atoms with Crippen molar-refractivity contribution >= 4 is 23.2 Å². The lowest BCUT2D eigenvalue weighted by molar-refractivity contribution is 0.169. The molecule has 2 rings (SSSR count). The van der Waals surface area contributed by atoms with E-state index in [4.69, 9.17) is 23.2 Å². The molecule has 0 heterocycles. The smallest absolute Gasteiger partial charge is 0.0929 e. The highest BCUT2D eigenvalue weighted by atomic mass is 35.5.